The zero-order valence-corrected chi connectivity index (χ0v) is 10.6. The minimum atomic E-state index is -0.361. The van der Waals surface area contributed by atoms with Gasteiger partial charge in [-0.3, -0.25) is 0 Å². The molecule has 2 nitrogen and oxygen atoms in total. The van der Waals surface area contributed by atoms with Gasteiger partial charge in [-0.1, -0.05) is 19.1 Å². The van der Waals surface area contributed by atoms with Crippen molar-refractivity contribution in [2.24, 2.45) is 5.73 Å². The number of benzene rings is 1. The lowest BCUT2D eigenvalue weighted by Gasteiger charge is -2.26. The lowest BCUT2D eigenvalue weighted by Crippen LogP contribution is -2.28. The number of rotatable bonds is 4. The summed E-state index contributed by atoms with van der Waals surface area (Å²) in [6, 6.07) is 5.31. The molecule has 1 atom stereocenters. The molecule has 0 amide bonds. The summed E-state index contributed by atoms with van der Waals surface area (Å²) in [5, 5.41) is 0. The van der Waals surface area contributed by atoms with Gasteiger partial charge < -0.3 is 10.6 Å². The highest BCUT2D eigenvalue weighted by molar-refractivity contribution is 7.80. The van der Waals surface area contributed by atoms with Crippen molar-refractivity contribution >= 4 is 22.9 Å². The number of hydrogen-bond acceptors (Lipinski definition) is 2. The van der Waals surface area contributed by atoms with Crippen molar-refractivity contribution in [3.63, 3.8) is 0 Å². The number of nitrogens with zero attached hydrogens (tertiary/aromatic N) is 1. The van der Waals surface area contributed by atoms with Gasteiger partial charge in [0.2, 0.25) is 0 Å². The van der Waals surface area contributed by atoms with E-state index in [9.17, 15) is 4.39 Å². The topological polar surface area (TPSA) is 29.3 Å². The second kappa shape index (κ2) is 5.25. The Morgan fingerprint density at radius 1 is 1.56 bits per heavy atom. The fourth-order valence-corrected chi connectivity index (χ4v) is 1.62. The second-order valence-electron chi connectivity index (χ2n) is 3.90. The molecule has 0 bridgehead atoms. The van der Waals surface area contributed by atoms with Crippen LogP contribution in [-0.4, -0.2) is 18.1 Å². The molecule has 2 N–H and O–H groups in total. The maximum Gasteiger partial charge on any atom is 0.135 e. The first-order valence-corrected chi connectivity index (χ1v) is 5.70. The first kappa shape index (κ1) is 12.9. The van der Waals surface area contributed by atoms with Crippen molar-refractivity contribution in [2.45, 2.75) is 26.3 Å². The van der Waals surface area contributed by atoms with Crippen molar-refractivity contribution in [3.8, 4) is 0 Å². The maximum atomic E-state index is 13.6. The lowest BCUT2D eigenvalue weighted by molar-refractivity contribution is 0.619. The Balaban J connectivity index is 3.01. The highest BCUT2D eigenvalue weighted by Crippen LogP contribution is 2.20. The maximum absolute atomic E-state index is 13.6. The van der Waals surface area contributed by atoms with E-state index in [0.29, 0.717) is 11.6 Å². The van der Waals surface area contributed by atoms with Crippen molar-refractivity contribution in [2.75, 3.05) is 11.9 Å². The largest absolute Gasteiger partial charge is 0.389 e. The quantitative estimate of drug-likeness (QED) is 0.820. The molecule has 1 unspecified atom stereocenters. The summed E-state index contributed by atoms with van der Waals surface area (Å²) in [4.78, 5) is 2.13. The highest BCUT2D eigenvalue weighted by atomic mass is 32.1. The van der Waals surface area contributed by atoms with E-state index >= 15 is 0 Å². The van der Waals surface area contributed by atoms with Crippen LogP contribution in [0.15, 0.2) is 18.2 Å². The first-order chi connectivity index (χ1) is 7.47. The van der Waals surface area contributed by atoms with E-state index in [1.54, 1.807) is 6.07 Å². The first-order valence-electron chi connectivity index (χ1n) is 5.29. The Labute approximate surface area is 101 Å². The minimum absolute atomic E-state index is 0.0928. The normalized spacial score (nSPS) is 12.2. The molecule has 0 aliphatic heterocycles. The third-order valence-electron chi connectivity index (χ3n) is 2.88. The van der Waals surface area contributed by atoms with Gasteiger partial charge >= 0.3 is 0 Å². The van der Waals surface area contributed by atoms with E-state index in [-0.39, 0.29) is 10.8 Å². The molecule has 0 saturated carbocycles. The molecule has 1 aromatic rings. The van der Waals surface area contributed by atoms with Gasteiger partial charge in [0.25, 0.3) is 0 Å². The van der Waals surface area contributed by atoms with Crippen molar-refractivity contribution in [1.82, 2.24) is 0 Å². The van der Waals surface area contributed by atoms with E-state index in [0.717, 1.165) is 12.1 Å². The van der Waals surface area contributed by atoms with Gasteiger partial charge in [-0.05, 0) is 31.5 Å². The molecule has 1 rings (SSSR count). The van der Waals surface area contributed by atoms with E-state index in [2.05, 4.69) is 13.8 Å². The predicted molar refractivity (Wildman–Crippen MR) is 70.4 cm³/mol. The van der Waals surface area contributed by atoms with Crippen LogP contribution in [0, 0.1) is 5.82 Å². The van der Waals surface area contributed by atoms with Crippen LogP contribution >= 0.6 is 12.2 Å². The SMILES string of the molecule is CCC(C)N(C)c1ccc(C(N)=S)c(F)c1. The molecule has 16 heavy (non-hydrogen) atoms. The molecule has 4 heteroatoms. The van der Waals surface area contributed by atoms with Gasteiger partial charge in [0.1, 0.15) is 10.8 Å². The van der Waals surface area contributed by atoms with Gasteiger partial charge in [-0.2, -0.15) is 0 Å². The van der Waals surface area contributed by atoms with Crippen LogP contribution in [0.1, 0.15) is 25.8 Å². The van der Waals surface area contributed by atoms with Gasteiger partial charge in [-0.15, -0.1) is 0 Å². The average molecular weight is 240 g/mol. The summed E-state index contributed by atoms with van der Waals surface area (Å²) >= 11 is 4.76. The zero-order chi connectivity index (χ0) is 12.3. The number of anilines is 1. The molecule has 0 saturated heterocycles. The standard InChI is InChI=1S/C12H17FN2S/c1-4-8(2)15(3)9-5-6-10(12(14)16)11(13)7-9/h5-8H,4H2,1-3H3,(H2,14,16). The monoisotopic (exact) mass is 240 g/mol. The molecule has 0 aliphatic rings. The average Bonchev–Trinajstić information content (AvgIpc) is 2.26. The van der Waals surface area contributed by atoms with Crippen LogP contribution in [0.2, 0.25) is 0 Å². The molecule has 0 spiro atoms. The third kappa shape index (κ3) is 2.70. The summed E-state index contributed by atoms with van der Waals surface area (Å²) in [5.41, 5.74) is 6.55. The zero-order valence-electron chi connectivity index (χ0n) is 9.83. The van der Waals surface area contributed by atoms with E-state index in [4.69, 9.17) is 18.0 Å². The van der Waals surface area contributed by atoms with Crippen molar-refractivity contribution in [1.29, 1.82) is 0 Å². The third-order valence-corrected chi connectivity index (χ3v) is 3.10. The smallest absolute Gasteiger partial charge is 0.135 e. The molecule has 0 radical (unpaired) electrons. The van der Waals surface area contributed by atoms with E-state index < -0.39 is 0 Å². The Morgan fingerprint density at radius 3 is 2.62 bits per heavy atom. The van der Waals surface area contributed by atoms with Crippen molar-refractivity contribution in [3.05, 3.63) is 29.6 Å². The van der Waals surface area contributed by atoms with Gasteiger partial charge in [0.05, 0.1) is 0 Å². The van der Waals surface area contributed by atoms with Crippen LogP contribution in [-0.2, 0) is 0 Å². The molecule has 88 valence electrons. The highest BCUT2D eigenvalue weighted by Gasteiger charge is 2.11. The van der Waals surface area contributed by atoms with Gasteiger partial charge in [0.15, 0.2) is 0 Å². The van der Waals surface area contributed by atoms with Crippen LogP contribution in [0.5, 0.6) is 0 Å². The minimum Gasteiger partial charge on any atom is -0.389 e. The molecule has 0 fully saturated rings. The number of hydrogen-bond donors (Lipinski definition) is 1. The molecule has 0 heterocycles. The van der Waals surface area contributed by atoms with Crippen LogP contribution in [0.4, 0.5) is 10.1 Å². The summed E-state index contributed by atoms with van der Waals surface area (Å²) in [7, 11) is 1.95. The fourth-order valence-electron chi connectivity index (χ4n) is 1.45. The number of thiocarbonyl (C=S) groups is 1. The molecule has 1 aromatic carbocycles. The van der Waals surface area contributed by atoms with E-state index in [1.807, 2.05) is 18.0 Å². The molecule has 0 aliphatic carbocycles. The van der Waals surface area contributed by atoms with Crippen molar-refractivity contribution < 1.29 is 4.39 Å². The lowest BCUT2D eigenvalue weighted by atomic mass is 10.1. The van der Waals surface area contributed by atoms with Crippen LogP contribution in [0.3, 0.4) is 0 Å². The fraction of sp³-hybridized carbons (Fsp3) is 0.417. The molecule has 0 aromatic heterocycles. The molecular formula is C12H17FN2S. The van der Waals surface area contributed by atoms with Gasteiger partial charge in [-0.25, -0.2) is 4.39 Å². The van der Waals surface area contributed by atoms with Crippen LogP contribution < -0.4 is 10.6 Å². The predicted octanol–water partition coefficient (Wildman–Crippen LogP) is 2.69. The number of nitrogens with two attached hydrogens (primary N) is 1. The summed E-state index contributed by atoms with van der Waals surface area (Å²) in [6.07, 6.45) is 1.01. The Kier molecular flexibility index (Phi) is 4.24. The Bertz CT molecular complexity index is 393. The Morgan fingerprint density at radius 2 is 2.19 bits per heavy atom. The summed E-state index contributed by atoms with van der Waals surface area (Å²) in [6.45, 7) is 4.19. The van der Waals surface area contributed by atoms with E-state index in [1.165, 1.54) is 6.07 Å². The number of halogens is 1. The molecular weight excluding hydrogens is 223 g/mol. The summed E-state index contributed by atoms with van der Waals surface area (Å²) < 4.78 is 13.6. The second-order valence-corrected chi connectivity index (χ2v) is 4.34. The van der Waals surface area contributed by atoms with Crippen LogP contribution in [0.25, 0.3) is 0 Å². The summed E-state index contributed by atoms with van der Waals surface area (Å²) in [5.74, 6) is -0.361. The Hall–Kier alpha value is -1.16. The van der Waals surface area contributed by atoms with Gasteiger partial charge in [0, 0.05) is 24.3 Å².